The van der Waals surface area contributed by atoms with Gasteiger partial charge in [0.25, 0.3) is 0 Å². The van der Waals surface area contributed by atoms with Crippen molar-refractivity contribution in [2.24, 2.45) is 11.8 Å². The number of hydrogen-bond acceptors (Lipinski definition) is 6. The number of allylic oxidation sites excluding steroid dienone is 2. The van der Waals surface area contributed by atoms with Crippen molar-refractivity contribution in [3.05, 3.63) is 60.2 Å². The molecular formula is C26H37NO6. The van der Waals surface area contributed by atoms with Gasteiger partial charge in [-0.2, -0.15) is 0 Å². The number of hydrogen-bond donors (Lipinski definition) is 5. The van der Waals surface area contributed by atoms with Gasteiger partial charge in [-0.25, -0.2) is 0 Å². The van der Waals surface area contributed by atoms with E-state index in [9.17, 15) is 19.8 Å². The summed E-state index contributed by atoms with van der Waals surface area (Å²) in [5.41, 5.74) is 1.16. The molecule has 5 N–H and O–H groups in total. The molecule has 0 radical (unpaired) electrons. The van der Waals surface area contributed by atoms with Gasteiger partial charge in [0.2, 0.25) is 5.91 Å². The molecule has 1 fully saturated rings. The second-order valence-electron chi connectivity index (χ2n) is 8.63. The maximum Gasteiger partial charge on any atom is 0.220 e. The summed E-state index contributed by atoms with van der Waals surface area (Å²) in [6.07, 6.45) is 9.48. The number of rotatable bonds is 14. The third kappa shape index (κ3) is 9.60. The number of nitrogens with one attached hydrogen (secondary N) is 1. The number of carbonyl (C=O) groups is 2. The van der Waals surface area contributed by atoms with Gasteiger partial charge < -0.3 is 25.7 Å². The van der Waals surface area contributed by atoms with Gasteiger partial charge in [-0.05, 0) is 37.7 Å². The Labute approximate surface area is 195 Å². The standard InChI is InChI=1S/C26H37NO6/c28-17-20(18-29)27-26(33)11-7-2-1-6-10-22-23(25(32)16-24(22)31)15-14-21(30)13-12-19-8-4-3-5-9-19/h1,3-6,8-9,14-15,20-23,25,28-30,32H,2,7,10-13,16-18H2,(H,27,33)/b6-1-,15-14+/t21-,22?,23?,25+/m0/s1. The van der Waals surface area contributed by atoms with Crippen molar-refractivity contribution < 1.29 is 30.0 Å². The summed E-state index contributed by atoms with van der Waals surface area (Å²) >= 11 is 0. The van der Waals surface area contributed by atoms with E-state index in [4.69, 9.17) is 10.2 Å². The SMILES string of the molecule is O=C(CCC/C=C\CC1C(=O)C[C@@H](O)C1/C=C/[C@@H](O)CCc1ccccc1)NC(CO)CO. The molecular weight excluding hydrogens is 422 g/mol. The van der Waals surface area contributed by atoms with Crippen LogP contribution in [-0.2, 0) is 16.0 Å². The van der Waals surface area contributed by atoms with Crippen molar-refractivity contribution in [1.82, 2.24) is 5.32 Å². The average Bonchev–Trinajstić information content (AvgIpc) is 3.09. The molecule has 0 spiro atoms. The Kier molecular flexibility index (Phi) is 12.0. The highest BCUT2D eigenvalue weighted by Gasteiger charge is 2.39. The quantitative estimate of drug-likeness (QED) is 0.213. The molecule has 7 heteroatoms. The van der Waals surface area contributed by atoms with Gasteiger partial charge in [-0.3, -0.25) is 9.59 Å². The summed E-state index contributed by atoms with van der Waals surface area (Å²) in [6.45, 7) is -0.605. The Balaban J connectivity index is 1.75. The van der Waals surface area contributed by atoms with E-state index in [1.165, 1.54) is 0 Å². The maximum atomic E-state index is 12.3. The number of Topliss-reactive ketones (excluding diaryl/α,β-unsaturated/α-hetero) is 1. The molecule has 0 aliphatic heterocycles. The van der Waals surface area contributed by atoms with Crippen molar-refractivity contribution in [1.29, 1.82) is 0 Å². The molecule has 7 nitrogen and oxygen atoms in total. The summed E-state index contributed by atoms with van der Waals surface area (Å²) in [5, 5.41) is 41.1. The van der Waals surface area contributed by atoms with E-state index in [-0.39, 0.29) is 49.6 Å². The van der Waals surface area contributed by atoms with E-state index in [0.717, 1.165) is 12.0 Å². The molecule has 0 bridgehead atoms. The van der Waals surface area contributed by atoms with Crippen LogP contribution in [0.15, 0.2) is 54.6 Å². The summed E-state index contributed by atoms with van der Waals surface area (Å²) in [5.74, 6) is -0.819. The largest absolute Gasteiger partial charge is 0.394 e. The van der Waals surface area contributed by atoms with Crippen LogP contribution in [0.4, 0.5) is 0 Å². The fourth-order valence-corrected chi connectivity index (χ4v) is 4.03. The Morgan fingerprint density at radius 2 is 1.88 bits per heavy atom. The smallest absolute Gasteiger partial charge is 0.220 e. The van der Waals surface area contributed by atoms with Crippen LogP contribution < -0.4 is 5.32 Å². The predicted octanol–water partition coefficient (Wildman–Crippen LogP) is 1.69. The molecule has 1 aromatic carbocycles. The first kappa shape index (κ1) is 26.9. The zero-order chi connectivity index (χ0) is 24.1. The van der Waals surface area contributed by atoms with Crippen LogP contribution in [0.3, 0.4) is 0 Å². The number of unbranched alkanes of at least 4 members (excludes halogenated alkanes) is 1. The van der Waals surface area contributed by atoms with Crippen LogP contribution in [0.5, 0.6) is 0 Å². The highest BCUT2D eigenvalue weighted by atomic mass is 16.3. The molecule has 2 unspecified atom stereocenters. The number of amides is 1. The first-order valence-electron chi connectivity index (χ1n) is 11.7. The van der Waals surface area contributed by atoms with Crippen LogP contribution in [0.2, 0.25) is 0 Å². The van der Waals surface area contributed by atoms with E-state index < -0.39 is 18.2 Å². The van der Waals surface area contributed by atoms with Gasteiger partial charge in [-0.1, -0.05) is 54.6 Å². The lowest BCUT2D eigenvalue weighted by molar-refractivity contribution is -0.122. The third-order valence-electron chi connectivity index (χ3n) is 6.00. The Hall–Kier alpha value is -2.32. The van der Waals surface area contributed by atoms with Crippen molar-refractivity contribution in [3.8, 4) is 0 Å². The summed E-state index contributed by atoms with van der Waals surface area (Å²) in [4.78, 5) is 24.1. The lowest BCUT2D eigenvalue weighted by atomic mass is 9.90. The van der Waals surface area contributed by atoms with E-state index in [1.807, 2.05) is 42.5 Å². The molecule has 1 aliphatic rings. The molecule has 1 aliphatic carbocycles. The minimum atomic E-state index is -0.733. The minimum absolute atomic E-state index is 0.0269. The number of aliphatic hydroxyl groups is 4. The van der Waals surface area contributed by atoms with Crippen LogP contribution in [0.25, 0.3) is 0 Å². The van der Waals surface area contributed by atoms with Crippen molar-refractivity contribution in [2.75, 3.05) is 13.2 Å². The second kappa shape index (κ2) is 14.8. The monoisotopic (exact) mass is 459 g/mol. The summed E-state index contributed by atoms with van der Waals surface area (Å²) in [7, 11) is 0. The van der Waals surface area contributed by atoms with Gasteiger partial charge in [0.15, 0.2) is 0 Å². The number of aliphatic hydroxyl groups excluding tert-OH is 4. The van der Waals surface area contributed by atoms with E-state index in [2.05, 4.69) is 5.32 Å². The van der Waals surface area contributed by atoms with Gasteiger partial charge in [0.1, 0.15) is 5.78 Å². The van der Waals surface area contributed by atoms with Crippen molar-refractivity contribution >= 4 is 11.7 Å². The minimum Gasteiger partial charge on any atom is -0.394 e. The van der Waals surface area contributed by atoms with Crippen LogP contribution in [0.1, 0.15) is 44.1 Å². The predicted molar refractivity (Wildman–Crippen MR) is 126 cm³/mol. The van der Waals surface area contributed by atoms with E-state index in [0.29, 0.717) is 25.7 Å². The van der Waals surface area contributed by atoms with Gasteiger partial charge >= 0.3 is 0 Å². The number of aryl methyl sites for hydroxylation is 1. The molecule has 1 saturated carbocycles. The summed E-state index contributed by atoms with van der Waals surface area (Å²) in [6, 6.07) is 9.30. The normalized spacial score (nSPS) is 22.0. The zero-order valence-electron chi connectivity index (χ0n) is 19.1. The fraction of sp³-hybridized carbons (Fsp3) is 0.538. The highest BCUT2D eigenvalue weighted by molar-refractivity contribution is 5.84. The molecule has 1 amide bonds. The Morgan fingerprint density at radius 1 is 1.15 bits per heavy atom. The Morgan fingerprint density at radius 3 is 2.58 bits per heavy atom. The molecule has 0 heterocycles. The molecule has 182 valence electrons. The lowest BCUT2D eigenvalue weighted by Gasteiger charge is -2.16. The molecule has 1 aromatic rings. The van der Waals surface area contributed by atoms with Gasteiger partial charge in [0, 0.05) is 24.7 Å². The summed E-state index contributed by atoms with van der Waals surface area (Å²) < 4.78 is 0. The maximum absolute atomic E-state index is 12.3. The van der Waals surface area contributed by atoms with E-state index in [1.54, 1.807) is 12.2 Å². The number of benzene rings is 1. The first-order valence-corrected chi connectivity index (χ1v) is 11.7. The van der Waals surface area contributed by atoms with E-state index >= 15 is 0 Å². The van der Waals surface area contributed by atoms with Gasteiger partial charge in [-0.15, -0.1) is 0 Å². The fourth-order valence-electron chi connectivity index (χ4n) is 4.03. The number of ketones is 1. The number of carbonyl (C=O) groups excluding carboxylic acids is 2. The molecule has 2 rings (SSSR count). The first-order chi connectivity index (χ1) is 15.9. The third-order valence-corrected chi connectivity index (χ3v) is 6.00. The molecule has 4 atom stereocenters. The molecule has 0 saturated heterocycles. The lowest BCUT2D eigenvalue weighted by Crippen LogP contribution is -2.39. The van der Waals surface area contributed by atoms with Crippen molar-refractivity contribution in [3.63, 3.8) is 0 Å². The second-order valence-corrected chi connectivity index (χ2v) is 8.63. The zero-order valence-corrected chi connectivity index (χ0v) is 19.1. The van der Waals surface area contributed by atoms with Crippen LogP contribution in [-0.4, -0.2) is 63.6 Å². The van der Waals surface area contributed by atoms with Crippen LogP contribution >= 0.6 is 0 Å². The molecule has 33 heavy (non-hydrogen) atoms. The van der Waals surface area contributed by atoms with Crippen LogP contribution in [0, 0.1) is 11.8 Å². The topological polar surface area (TPSA) is 127 Å². The average molecular weight is 460 g/mol. The molecule has 0 aromatic heterocycles. The highest BCUT2D eigenvalue weighted by Crippen LogP contribution is 2.33. The van der Waals surface area contributed by atoms with Crippen molar-refractivity contribution in [2.45, 2.75) is 63.2 Å². The van der Waals surface area contributed by atoms with Gasteiger partial charge in [0.05, 0.1) is 31.5 Å². The Bertz CT molecular complexity index is 774.